The molecule has 0 radical (unpaired) electrons. The second kappa shape index (κ2) is 11.4. The van der Waals surface area contributed by atoms with Gasteiger partial charge in [0.2, 0.25) is 5.91 Å². The number of benzene rings is 1. The summed E-state index contributed by atoms with van der Waals surface area (Å²) < 4.78 is 5.30. The minimum atomic E-state index is -0.346. The molecule has 178 valence electrons. The molecule has 1 unspecified atom stereocenters. The number of hydrogen-bond acceptors (Lipinski definition) is 6. The van der Waals surface area contributed by atoms with E-state index in [1.165, 1.54) is 11.3 Å². The van der Waals surface area contributed by atoms with Crippen molar-refractivity contribution in [2.24, 2.45) is 0 Å². The largest absolute Gasteiger partial charge is 0.350 e. The number of carbonyl (C=O) groups excluding carboxylic acids is 2. The summed E-state index contributed by atoms with van der Waals surface area (Å²) in [4.78, 5) is 32.3. The Kier molecular flexibility index (Phi) is 8.29. The fraction of sp³-hybridized carbons (Fsp3) is 0.500. The zero-order valence-corrected chi connectivity index (χ0v) is 20.5. The van der Waals surface area contributed by atoms with Crippen LogP contribution in [0.3, 0.4) is 0 Å². The van der Waals surface area contributed by atoms with Crippen molar-refractivity contribution in [2.75, 3.05) is 24.7 Å². The summed E-state index contributed by atoms with van der Waals surface area (Å²) in [5.41, 5.74) is 4.43. The third-order valence-electron chi connectivity index (χ3n) is 5.93. The first-order valence-electron chi connectivity index (χ1n) is 11.5. The molecule has 4 rings (SSSR count). The second-order valence-corrected chi connectivity index (χ2v) is 10.9. The lowest BCUT2D eigenvalue weighted by atomic mass is 9.94. The minimum Gasteiger partial charge on any atom is -0.350 e. The van der Waals surface area contributed by atoms with Crippen molar-refractivity contribution < 1.29 is 19.2 Å². The number of thioether (sulfide) groups is 1. The van der Waals surface area contributed by atoms with E-state index in [1.807, 2.05) is 36.0 Å². The van der Waals surface area contributed by atoms with Crippen LogP contribution in [-0.2, 0) is 19.1 Å². The van der Waals surface area contributed by atoms with Gasteiger partial charge in [0.1, 0.15) is 0 Å². The molecule has 2 aliphatic heterocycles. The van der Waals surface area contributed by atoms with Crippen LogP contribution in [0.2, 0.25) is 0 Å². The molecule has 0 saturated carbocycles. The standard InChI is InChI=1S/C24H31N3O4S2/c1-25-23(29)26-18-8-6-7-17(15-18)19-10-11-20(33-19)24(12-3-5-14-32-24)16-21(28)27-31-22-9-2-4-13-30-22/h6-8,10-11,15,22H,2-5,9,12-14,16H2,1H3,(H,27,28)(H2,25,26,29)/t22?,24-/m0/s1. The van der Waals surface area contributed by atoms with E-state index >= 15 is 0 Å². The highest BCUT2D eigenvalue weighted by atomic mass is 32.2. The van der Waals surface area contributed by atoms with Crippen LogP contribution in [0.25, 0.3) is 10.4 Å². The average Bonchev–Trinajstić information content (AvgIpc) is 3.35. The normalized spacial score (nSPS) is 23.0. The second-order valence-electron chi connectivity index (χ2n) is 8.36. The zero-order valence-electron chi connectivity index (χ0n) is 18.9. The summed E-state index contributed by atoms with van der Waals surface area (Å²) >= 11 is 3.59. The molecule has 9 heteroatoms. The molecule has 1 aromatic carbocycles. The molecule has 1 aromatic heterocycles. The van der Waals surface area contributed by atoms with Crippen LogP contribution in [0.1, 0.15) is 49.8 Å². The van der Waals surface area contributed by atoms with E-state index in [2.05, 4.69) is 28.2 Å². The van der Waals surface area contributed by atoms with Gasteiger partial charge >= 0.3 is 6.03 Å². The Morgan fingerprint density at radius 2 is 2.09 bits per heavy atom. The molecule has 0 spiro atoms. The predicted molar refractivity (Wildman–Crippen MR) is 133 cm³/mol. The first-order valence-corrected chi connectivity index (χ1v) is 13.3. The molecule has 0 bridgehead atoms. The molecule has 2 fully saturated rings. The molecule has 3 amide bonds. The zero-order chi connectivity index (χ0) is 23.1. The van der Waals surface area contributed by atoms with Crippen LogP contribution in [0.4, 0.5) is 10.5 Å². The topological polar surface area (TPSA) is 88.7 Å². The number of urea groups is 1. The summed E-state index contributed by atoms with van der Waals surface area (Å²) in [6.07, 6.45) is 6.17. The van der Waals surface area contributed by atoms with Crippen molar-refractivity contribution in [3.05, 3.63) is 41.3 Å². The Labute approximate surface area is 203 Å². The number of hydrogen-bond donors (Lipinski definition) is 3. The highest BCUT2D eigenvalue weighted by Gasteiger charge is 2.38. The van der Waals surface area contributed by atoms with Crippen molar-refractivity contribution in [3.63, 3.8) is 0 Å². The molecule has 2 aromatic rings. The Hall–Kier alpha value is -2.07. The van der Waals surface area contributed by atoms with Crippen LogP contribution in [0.5, 0.6) is 0 Å². The molecule has 3 heterocycles. The monoisotopic (exact) mass is 489 g/mol. The van der Waals surface area contributed by atoms with Crippen molar-refractivity contribution in [1.82, 2.24) is 10.8 Å². The molecule has 2 saturated heterocycles. The SMILES string of the molecule is CNC(=O)Nc1cccc(-c2ccc([C@@]3(CC(=O)NOC4CCCCO4)CCCCS3)s2)c1. The van der Waals surface area contributed by atoms with Gasteiger partial charge in [0.25, 0.3) is 0 Å². The molecular weight excluding hydrogens is 458 g/mol. The molecule has 33 heavy (non-hydrogen) atoms. The fourth-order valence-electron chi connectivity index (χ4n) is 4.19. The molecule has 0 aliphatic carbocycles. The smallest absolute Gasteiger partial charge is 0.318 e. The van der Waals surface area contributed by atoms with Gasteiger partial charge in [0.15, 0.2) is 6.29 Å². The Bertz CT molecular complexity index is 953. The number of rotatable bonds is 7. The summed E-state index contributed by atoms with van der Waals surface area (Å²) in [6, 6.07) is 11.8. The number of thiophene rings is 1. The van der Waals surface area contributed by atoms with Gasteiger partial charge in [-0.3, -0.25) is 4.79 Å². The minimum absolute atomic E-state index is 0.106. The molecule has 7 nitrogen and oxygen atoms in total. The number of ether oxygens (including phenoxy) is 1. The lowest BCUT2D eigenvalue weighted by molar-refractivity contribution is -0.200. The van der Waals surface area contributed by atoms with Gasteiger partial charge in [0.05, 0.1) is 4.75 Å². The van der Waals surface area contributed by atoms with Crippen LogP contribution >= 0.6 is 23.1 Å². The van der Waals surface area contributed by atoms with Gasteiger partial charge in [-0.15, -0.1) is 23.1 Å². The Morgan fingerprint density at radius 1 is 1.18 bits per heavy atom. The van der Waals surface area contributed by atoms with Gasteiger partial charge in [0, 0.05) is 41.9 Å². The van der Waals surface area contributed by atoms with E-state index < -0.39 is 0 Å². The highest BCUT2D eigenvalue weighted by Crippen LogP contribution is 2.51. The molecule has 3 N–H and O–H groups in total. The van der Waals surface area contributed by atoms with Crippen LogP contribution in [-0.4, -0.2) is 37.6 Å². The third-order valence-corrected chi connectivity index (χ3v) is 9.01. The molecule has 2 aliphatic rings. The number of nitrogens with one attached hydrogen (secondary N) is 3. The van der Waals surface area contributed by atoms with Crippen molar-refractivity contribution in [1.29, 1.82) is 0 Å². The maximum absolute atomic E-state index is 12.8. The molecular formula is C24H31N3O4S2. The lowest BCUT2D eigenvalue weighted by Gasteiger charge is -2.35. The highest BCUT2D eigenvalue weighted by molar-refractivity contribution is 8.00. The van der Waals surface area contributed by atoms with Crippen LogP contribution in [0.15, 0.2) is 36.4 Å². The van der Waals surface area contributed by atoms with E-state index in [0.717, 1.165) is 54.0 Å². The van der Waals surface area contributed by atoms with Gasteiger partial charge in [-0.2, -0.15) is 0 Å². The summed E-state index contributed by atoms with van der Waals surface area (Å²) in [7, 11) is 1.59. The van der Waals surface area contributed by atoms with Gasteiger partial charge in [-0.05, 0) is 61.3 Å². The Balaban J connectivity index is 1.47. The van der Waals surface area contributed by atoms with Gasteiger partial charge in [-0.1, -0.05) is 18.6 Å². The van der Waals surface area contributed by atoms with E-state index in [0.29, 0.717) is 13.0 Å². The van der Waals surface area contributed by atoms with Crippen molar-refractivity contribution >= 4 is 40.7 Å². The Morgan fingerprint density at radius 3 is 2.85 bits per heavy atom. The third kappa shape index (κ3) is 6.29. The van der Waals surface area contributed by atoms with Gasteiger partial charge < -0.3 is 15.4 Å². The summed E-state index contributed by atoms with van der Waals surface area (Å²) in [5, 5.41) is 5.39. The fourth-order valence-corrected chi connectivity index (χ4v) is 7.07. The quantitative estimate of drug-likeness (QED) is 0.463. The van der Waals surface area contributed by atoms with Crippen molar-refractivity contribution in [2.45, 2.75) is 56.0 Å². The van der Waals surface area contributed by atoms with E-state index in [-0.39, 0.29) is 23.0 Å². The van der Waals surface area contributed by atoms with E-state index in [9.17, 15) is 9.59 Å². The number of carbonyl (C=O) groups is 2. The number of hydroxylamine groups is 1. The maximum Gasteiger partial charge on any atom is 0.318 e. The lowest BCUT2D eigenvalue weighted by Crippen LogP contribution is -2.37. The summed E-state index contributed by atoms with van der Waals surface area (Å²) in [5.74, 6) is 0.934. The molecule has 2 atom stereocenters. The van der Waals surface area contributed by atoms with E-state index in [1.54, 1.807) is 18.4 Å². The predicted octanol–water partition coefficient (Wildman–Crippen LogP) is 5.24. The number of amides is 3. The van der Waals surface area contributed by atoms with Crippen LogP contribution < -0.4 is 16.1 Å². The maximum atomic E-state index is 12.8. The van der Waals surface area contributed by atoms with Crippen LogP contribution in [0, 0.1) is 0 Å². The average molecular weight is 490 g/mol. The summed E-state index contributed by atoms with van der Waals surface area (Å²) in [6.45, 7) is 0.679. The van der Waals surface area contributed by atoms with Crippen molar-refractivity contribution in [3.8, 4) is 10.4 Å². The van der Waals surface area contributed by atoms with E-state index in [4.69, 9.17) is 9.57 Å². The van der Waals surface area contributed by atoms with Gasteiger partial charge in [-0.25, -0.2) is 15.1 Å². The first kappa shape index (κ1) is 24.1. The number of anilines is 1. The first-order chi connectivity index (χ1) is 16.1.